The average Bonchev–Trinajstić information content (AvgIpc) is 1.98. The number of pyridine rings is 1. The topological polar surface area (TPSA) is 22.1 Å². The van der Waals surface area contributed by atoms with Crippen LogP contribution in [0.5, 0.6) is 5.75 Å². The molecule has 0 bridgehead atoms. The number of hydrogen-bond acceptors (Lipinski definition) is 2. The molecular formula is C8H10INO. The van der Waals surface area contributed by atoms with E-state index < -0.39 is 0 Å². The van der Waals surface area contributed by atoms with Gasteiger partial charge in [0.15, 0.2) is 0 Å². The van der Waals surface area contributed by atoms with E-state index in [2.05, 4.69) is 27.6 Å². The maximum absolute atomic E-state index is 5.28. The molecule has 0 N–H and O–H groups in total. The van der Waals surface area contributed by atoms with Gasteiger partial charge in [-0.1, -0.05) is 0 Å². The van der Waals surface area contributed by atoms with Crippen LogP contribution in [0.4, 0.5) is 0 Å². The van der Waals surface area contributed by atoms with E-state index in [4.69, 9.17) is 4.74 Å². The van der Waals surface area contributed by atoms with Crippen molar-refractivity contribution < 1.29 is 4.74 Å². The Morgan fingerprint density at radius 3 is 2.91 bits per heavy atom. The van der Waals surface area contributed by atoms with Gasteiger partial charge in [-0.2, -0.15) is 0 Å². The lowest BCUT2D eigenvalue weighted by molar-refractivity contribution is 0.338. The van der Waals surface area contributed by atoms with Crippen LogP contribution in [-0.4, -0.2) is 11.6 Å². The average molecular weight is 263 g/mol. The first-order chi connectivity index (χ1) is 5.24. The molecule has 0 atom stereocenters. The minimum atomic E-state index is 0.696. The third-order valence-corrected chi connectivity index (χ3v) is 2.43. The number of halogens is 1. The van der Waals surface area contributed by atoms with Crippen LogP contribution in [0.3, 0.4) is 0 Å². The molecule has 1 aromatic heterocycles. The third kappa shape index (κ3) is 2.32. The molecule has 0 aliphatic rings. The van der Waals surface area contributed by atoms with Gasteiger partial charge in [0.25, 0.3) is 0 Å². The van der Waals surface area contributed by atoms with Crippen molar-refractivity contribution in [1.82, 2.24) is 4.98 Å². The van der Waals surface area contributed by atoms with Crippen LogP contribution in [0.25, 0.3) is 0 Å². The van der Waals surface area contributed by atoms with Gasteiger partial charge in [0, 0.05) is 0 Å². The summed E-state index contributed by atoms with van der Waals surface area (Å²) >= 11 is 2.20. The van der Waals surface area contributed by atoms with Crippen LogP contribution >= 0.6 is 22.6 Å². The number of aromatic nitrogens is 1. The summed E-state index contributed by atoms with van der Waals surface area (Å²) in [6, 6.07) is 2.00. The molecule has 0 aliphatic heterocycles. The predicted octanol–water partition coefficient (Wildman–Crippen LogP) is 2.39. The first kappa shape index (κ1) is 8.77. The monoisotopic (exact) mass is 263 g/mol. The number of aryl methyl sites for hydroxylation is 1. The summed E-state index contributed by atoms with van der Waals surface area (Å²) in [6.07, 6.45) is 1.75. The second-order valence-corrected chi connectivity index (χ2v) is 3.23. The SMILES string of the molecule is CCOc1cnc(I)c(C)c1. The minimum Gasteiger partial charge on any atom is -0.492 e. The Morgan fingerprint density at radius 1 is 1.64 bits per heavy atom. The summed E-state index contributed by atoms with van der Waals surface area (Å²) in [5, 5.41) is 0. The highest BCUT2D eigenvalue weighted by Gasteiger charge is 1.97. The molecule has 1 rings (SSSR count). The Labute approximate surface area is 80.1 Å². The first-order valence-electron chi connectivity index (χ1n) is 3.49. The van der Waals surface area contributed by atoms with Crippen molar-refractivity contribution in [2.45, 2.75) is 13.8 Å². The second-order valence-electron chi connectivity index (χ2n) is 2.21. The molecule has 0 saturated heterocycles. The van der Waals surface area contributed by atoms with E-state index in [0.29, 0.717) is 6.61 Å². The van der Waals surface area contributed by atoms with Crippen LogP contribution in [-0.2, 0) is 0 Å². The highest BCUT2D eigenvalue weighted by Crippen LogP contribution is 2.15. The smallest absolute Gasteiger partial charge is 0.137 e. The van der Waals surface area contributed by atoms with Gasteiger partial charge in [-0.15, -0.1) is 0 Å². The van der Waals surface area contributed by atoms with E-state index in [9.17, 15) is 0 Å². The summed E-state index contributed by atoms with van der Waals surface area (Å²) in [5.41, 5.74) is 1.16. The normalized spacial score (nSPS) is 9.73. The molecule has 0 unspecified atom stereocenters. The summed E-state index contributed by atoms with van der Waals surface area (Å²) in [7, 11) is 0. The van der Waals surface area contributed by atoms with Crippen molar-refractivity contribution in [2.75, 3.05) is 6.61 Å². The zero-order chi connectivity index (χ0) is 8.27. The third-order valence-electron chi connectivity index (χ3n) is 1.30. The van der Waals surface area contributed by atoms with Crippen LogP contribution < -0.4 is 4.74 Å². The van der Waals surface area contributed by atoms with Crippen molar-refractivity contribution in [2.24, 2.45) is 0 Å². The van der Waals surface area contributed by atoms with Gasteiger partial charge in [0.2, 0.25) is 0 Å². The largest absolute Gasteiger partial charge is 0.492 e. The van der Waals surface area contributed by atoms with E-state index >= 15 is 0 Å². The molecule has 2 nitrogen and oxygen atoms in total. The van der Waals surface area contributed by atoms with Gasteiger partial charge in [0.05, 0.1) is 12.8 Å². The van der Waals surface area contributed by atoms with Crippen molar-refractivity contribution in [3.05, 3.63) is 21.5 Å². The molecule has 0 saturated carbocycles. The molecule has 0 amide bonds. The van der Waals surface area contributed by atoms with Gasteiger partial charge < -0.3 is 4.74 Å². The molecular weight excluding hydrogens is 253 g/mol. The number of rotatable bonds is 2. The number of hydrogen-bond donors (Lipinski definition) is 0. The molecule has 3 heteroatoms. The van der Waals surface area contributed by atoms with E-state index in [1.54, 1.807) is 6.20 Å². The molecule has 0 radical (unpaired) electrons. The maximum Gasteiger partial charge on any atom is 0.137 e. The minimum absolute atomic E-state index is 0.696. The Morgan fingerprint density at radius 2 is 2.36 bits per heavy atom. The number of nitrogens with zero attached hydrogens (tertiary/aromatic N) is 1. The Bertz CT molecular complexity index is 250. The predicted molar refractivity (Wildman–Crippen MR) is 52.9 cm³/mol. The van der Waals surface area contributed by atoms with Gasteiger partial charge >= 0.3 is 0 Å². The fraction of sp³-hybridized carbons (Fsp3) is 0.375. The fourth-order valence-electron chi connectivity index (χ4n) is 0.778. The summed E-state index contributed by atoms with van der Waals surface area (Å²) in [6.45, 7) is 4.69. The van der Waals surface area contributed by atoms with Gasteiger partial charge in [0.1, 0.15) is 9.45 Å². The quantitative estimate of drug-likeness (QED) is 0.603. The Hall–Kier alpha value is -0.320. The molecule has 60 valence electrons. The molecule has 0 aromatic carbocycles. The number of ether oxygens (including phenoxy) is 1. The van der Waals surface area contributed by atoms with Crippen LogP contribution in [0.2, 0.25) is 0 Å². The summed E-state index contributed by atoms with van der Waals surface area (Å²) in [4.78, 5) is 4.16. The lowest BCUT2D eigenvalue weighted by Crippen LogP contribution is -1.94. The van der Waals surface area contributed by atoms with E-state index in [1.165, 1.54) is 0 Å². The van der Waals surface area contributed by atoms with Gasteiger partial charge in [-0.3, -0.25) is 0 Å². The standard InChI is InChI=1S/C8H10INO/c1-3-11-7-4-6(2)8(9)10-5-7/h4-5H,3H2,1-2H3. The Kier molecular flexibility index (Phi) is 3.11. The summed E-state index contributed by atoms with van der Waals surface area (Å²) < 4.78 is 6.31. The highest BCUT2D eigenvalue weighted by atomic mass is 127. The molecule has 1 aromatic rings. The van der Waals surface area contributed by atoms with Gasteiger partial charge in [-0.25, -0.2) is 4.98 Å². The van der Waals surface area contributed by atoms with Crippen LogP contribution in [0.15, 0.2) is 12.3 Å². The molecule has 0 spiro atoms. The van der Waals surface area contributed by atoms with Gasteiger partial charge in [-0.05, 0) is 48.1 Å². The van der Waals surface area contributed by atoms with Crippen molar-refractivity contribution in [1.29, 1.82) is 0 Å². The zero-order valence-electron chi connectivity index (χ0n) is 6.60. The van der Waals surface area contributed by atoms with E-state index in [0.717, 1.165) is 15.0 Å². The maximum atomic E-state index is 5.28. The molecule has 1 heterocycles. The zero-order valence-corrected chi connectivity index (χ0v) is 8.75. The summed E-state index contributed by atoms with van der Waals surface area (Å²) in [5.74, 6) is 0.852. The highest BCUT2D eigenvalue weighted by molar-refractivity contribution is 14.1. The first-order valence-corrected chi connectivity index (χ1v) is 4.57. The molecule has 0 aliphatic carbocycles. The van der Waals surface area contributed by atoms with Crippen LogP contribution in [0.1, 0.15) is 12.5 Å². The lowest BCUT2D eigenvalue weighted by Gasteiger charge is -2.03. The van der Waals surface area contributed by atoms with Crippen molar-refractivity contribution in [3.8, 4) is 5.75 Å². The molecule has 0 fully saturated rings. The fourth-order valence-corrected chi connectivity index (χ4v) is 1.07. The van der Waals surface area contributed by atoms with Crippen LogP contribution in [0, 0.1) is 10.6 Å². The van der Waals surface area contributed by atoms with E-state index in [-0.39, 0.29) is 0 Å². The van der Waals surface area contributed by atoms with Crippen molar-refractivity contribution >= 4 is 22.6 Å². The Balaban J connectivity index is 2.86. The lowest BCUT2D eigenvalue weighted by atomic mass is 10.3. The van der Waals surface area contributed by atoms with E-state index in [1.807, 2.05) is 19.9 Å². The van der Waals surface area contributed by atoms with Crippen molar-refractivity contribution in [3.63, 3.8) is 0 Å². The second kappa shape index (κ2) is 3.90. The molecule has 11 heavy (non-hydrogen) atoms.